The fraction of sp³-hybridized carbons (Fsp3) is 1.00. The Morgan fingerprint density at radius 2 is 1.25 bits per heavy atom. The number of hydrogen-bond acceptors (Lipinski definition) is 0. The summed E-state index contributed by atoms with van der Waals surface area (Å²) >= 11 is 0. The van der Waals surface area contributed by atoms with Gasteiger partial charge in [-0.3, -0.25) is 0 Å². The van der Waals surface area contributed by atoms with Gasteiger partial charge < -0.3 is 0 Å². The molecule has 3 heteroatoms. The molecule has 0 amide bonds. The number of rotatable bonds is 1. The minimum absolute atomic E-state index is 0. The van der Waals surface area contributed by atoms with E-state index in [0.717, 1.165) is 19.0 Å². The molecule has 0 saturated heterocycles. The van der Waals surface area contributed by atoms with Crippen molar-refractivity contribution in [3.05, 3.63) is 0 Å². The van der Waals surface area contributed by atoms with Gasteiger partial charge in [0.1, 0.15) is 0 Å². The molecule has 0 heterocycles. The van der Waals surface area contributed by atoms with Gasteiger partial charge in [-0.1, -0.05) is 32.6 Å². The molecule has 0 aromatic heterocycles. The first-order valence-corrected chi connectivity index (χ1v) is 7.13. The largest absolute Gasteiger partial charge is 0.0743 e. The zero-order valence-electron chi connectivity index (χ0n) is 6.44. The smallest absolute Gasteiger partial charge is 0.0244 e. The average Bonchev–Trinajstić information content (AvgIpc) is 1.69. The summed E-state index contributed by atoms with van der Waals surface area (Å²) in [5.74, 6) is 0. The molecule has 0 N–H and O–H groups in total. The van der Waals surface area contributed by atoms with Gasteiger partial charge in [-0.15, -0.1) is 0 Å². The van der Waals surface area contributed by atoms with Crippen molar-refractivity contribution < 1.29 is 32.7 Å². The van der Waals surface area contributed by atoms with Crippen molar-refractivity contribution in [1.29, 1.82) is 0 Å². The normalized spacial score (nSPS) is 6.00. The van der Waals surface area contributed by atoms with Crippen LogP contribution in [0.15, 0.2) is 0 Å². The summed E-state index contributed by atoms with van der Waals surface area (Å²) < 4.78 is 0. The average molecular weight is 221 g/mol. The maximum atomic E-state index is 2.26. The Hall–Kier alpha value is 1.54. The molecule has 0 saturated carbocycles. The van der Waals surface area contributed by atoms with E-state index in [2.05, 4.69) is 26.6 Å². The maximum absolute atomic E-state index is 2.26. The van der Waals surface area contributed by atoms with Gasteiger partial charge in [0.25, 0.3) is 0 Å². The van der Waals surface area contributed by atoms with Gasteiger partial charge in [0.15, 0.2) is 0 Å². The molecule has 0 rings (SSSR count). The fourth-order valence-electron chi connectivity index (χ4n) is 0. The van der Waals surface area contributed by atoms with Gasteiger partial charge in [-0.25, -0.2) is 0 Å². The molecule has 47 valence electrons. The Kier molecular flexibility index (Phi) is 47.9. The molecule has 0 fully saturated rings. The Morgan fingerprint density at radius 1 is 1.12 bits per heavy atom. The van der Waals surface area contributed by atoms with Crippen molar-refractivity contribution in [2.24, 2.45) is 0 Å². The van der Waals surface area contributed by atoms with Crippen LogP contribution in [0, 0.1) is 0 Å². The molecule has 0 unspecified atom stereocenters. The Bertz CT molecular complexity index is 17.9. The van der Waals surface area contributed by atoms with Gasteiger partial charge in [-0.05, 0) is 0 Å². The topological polar surface area (TPSA) is 0 Å². The second kappa shape index (κ2) is 23.6. The SMILES string of the molecule is CC[SiH]C.C[SiH]C.[Y]. The predicted molar refractivity (Wildman–Crippen MR) is 42.4 cm³/mol. The van der Waals surface area contributed by atoms with Gasteiger partial charge in [0.05, 0.1) is 0 Å². The second-order valence-corrected chi connectivity index (χ2v) is 4.18. The van der Waals surface area contributed by atoms with Crippen LogP contribution in [0.25, 0.3) is 0 Å². The van der Waals surface area contributed by atoms with E-state index in [1.54, 1.807) is 0 Å². The molecule has 0 nitrogen and oxygen atoms in total. The minimum atomic E-state index is 0. The molecule has 0 aromatic carbocycles. The van der Waals surface area contributed by atoms with Crippen LogP contribution in [-0.4, -0.2) is 19.0 Å². The molecule has 0 aliphatic rings. The summed E-state index contributed by atoms with van der Waals surface area (Å²) in [6, 6.07) is 1.40. The standard InChI is InChI=1S/C3H9Si.C2H7Si.Y/c1-3-4-2;1-3-2;/h4H,3H2,1-2H3;3H,1-2H3;. The third-order valence-corrected chi connectivity index (χ3v) is 1.22. The molecule has 0 aromatic rings. The van der Waals surface area contributed by atoms with E-state index in [1.165, 1.54) is 6.04 Å². The van der Waals surface area contributed by atoms with Crippen LogP contribution in [0.4, 0.5) is 0 Å². The monoisotopic (exact) mass is 221 g/mol. The van der Waals surface area contributed by atoms with Crippen molar-refractivity contribution in [2.75, 3.05) is 0 Å². The molecular weight excluding hydrogens is 205 g/mol. The third-order valence-electron chi connectivity index (χ3n) is 0.408. The number of hydrogen-bond donors (Lipinski definition) is 0. The Morgan fingerprint density at radius 3 is 1.25 bits per heavy atom. The van der Waals surface area contributed by atoms with Crippen molar-refractivity contribution in [1.82, 2.24) is 0 Å². The summed E-state index contributed by atoms with van der Waals surface area (Å²) in [7, 11) is 1.53. The Balaban J connectivity index is -0.0000000575. The zero-order chi connectivity index (χ0) is 6.12. The fourth-order valence-corrected chi connectivity index (χ4v) is 0. The van der Waals surface area contributed by atoms with E-state index >= 15 is 0 Å². The maximum Gasteiger partial charge on any atom is 0.0244 e. The minimum Gasteiger partial charge on any atom is -0.0743 e. The molecule has 0 bridgehead atoms. The molecule has 0 aliphatic heterocycles. The molecule has 3 radical (unpaired) electrons. The summed E-state index contributed by atoms with van der Waals surface area (Å²) in [5, 5.41) is 0. The zero-order valence-corrected chi connectivity index (χ0v) is 11.6. The van der Waals surface area contributed by atoms with E-state index in [1.807, 2.05) is 0 Å². The van der Waals surface area contributed by atoms with Crippen LogP contribution in [0.5, 0.6) is 0 Å². The van der Waals surface area contributed by atoms with E-state index in [4.69, 9.17) is 0 Å². The van der Waals surface area contributed by atoms with Gasteiger partial charge in [0.2, 0.25) is 0 Å². The van der Waals surface area contributed by atoms with Gasteiger partial charge in [-0.2, -0.15) is 0 Å². The van der Waals surface area contributed by atoms with Crippen LogP contribution in [0.1, 0.15) is 6.92 Å². The van der Waals surface area contributed by atoms with Crippen LogP contribution in [0.3, 0.4) is 0 Å². The van der Waals surface area contributed by atoms with Crippen molar-refractivity contribution in [3.63, 3.8) is 0 Å². The quantitative estimate of drug-likeness (QED) is 0.588. The summed E-state index contributed by atoms with van der Waals surface area (Å²) in [6.45, 7) is 8.90. The summed E-state index contributed by atoms with van der Waals surface area (Å²) in [4.78, 5) is 0. The van der Waals surface area contributed by atoms with Crippen LogP contribution < -0.4 is 0 Å². The second-order valence-electron chi connectivity index (χ2n) is 1.39. The molecule has 0 spiro atoms. The first kappa shape index (κ1) is 16.3. The predicted octanol–water partition coefficient (Wildman–Crippen LogP) is 1.43. The summed E-state index contributed by atoms with van der Waals surface area (Å²) in [6.07, 6.45) is 0. The first-order chi connectivity index (χ1) is 3.33. The van der Waals surface area contributed by atoms with Gasteiger partial charge in [0, 0.05) is 51.7 Å². The molecule has 8 heavy (non-hydrogen) atoms. The first-order valence-electron chi connectivity index (χ1n) is 2.85. The summed E-state index contributed by atoms with van der Waals surface area (Å²) in [5.41, 5.74) is 0. The van der Waals surface area contributed by atoms with Crippen molar-refractivity contribution >= 4 is 19.0 Å². The Labute approximate surface area is 83.7 Å². The van der Waals surface area contributed by atoms with E-state index < -0.39 is 0 Å². The van der Waals surface area contributed by atoms with E-state index in [9.17, 15) is 0 Å². The van der Waals surface area contributed by atoms with Crippen molar-refractivity contribution in [3.8, 4) is 0 Å². The molecule has 0 aliphatic carbocycles. The van der Waals surface area contributed by atoms with Crippen LogP contribution >= 0.6 is 0 Å². The molecule has 0 atom stereocenters. The van der Waals surface area contributed by atoms with Gasteiger partial charge >= 0.3 is 0 Å². The van der Waals surface area contributed by atoms with Crippen molar-refractivity contribution in [2.45, 2.75) is 32.6 Å². The van der Waals surface area contributed by atoms with Crippen LogP contribution in [0.2, 0.25) is 25.7 Å². The van der Waals surface area contributed by atoms with E-state index in [-0.39, 0.29) is 32.7 Å². The van der Waals surface area contributed by atoms with Crippen LogP contribution in [-0.2, 0) is 32.7 Å². The molecular formula is C5H16Si2Y. The van der Waals surface area contributed by atoms with E-state index in [0.29, 0.717) is 0 Å². The third kappa shape index (κ3) is 50.0.